The van der Waals surface area contributed by atoms with Gasteiger partial charge in [0, 0.05) is 31.4 Å². The molecule has 2 aromatic heterocycles. The number of nitrogens with zero attached hydrogens (tertiary/aromatic N) is 5. The molecular weight excluding hydrogens is 413 g/mol. The lowest BCUT2D eigenvalue weighted by Crippen LogP contribution is -2.37. The Kier molecular flexibility index (Phi) is 5.85. The monoisotopic (exact) mass is 432 g/mol. The number of amides is 1. The number of aromatic nitrogens is 4. The Balaban J connectivity index is 1.48. The molecule has 31 heavy (non-hydrogen) atoms. The van der Waals surface area contributed by atoms with Gasteiger partial charge in [-0.15, -0.1) is 5.10 Å². The van der Waals surface area contributed by atoms with Gasteiger partial charge >= 0.3 is 6.18 Å². The molecule has 1 aliphatic rings. The molecule has 0 spiro atoms. The van der Waals surface area contributed by atoms with E-state index in [0.717, 1.165) is 22.1 Å². The average Bonchev–Trinajstić information content (AvgIpc) is 3.28. The number of para-hydroxylation sites is 1. The molecule has 11 heteroatoms. The minimum Gasteiger partial charge on any atom is -0.378 e. The summed E-state index contributed by atoms with van der Waals surface area (Å²) in [4.78, 5) is 19.0. The largest absolute Gasteiger partial charge is 0.418 e. The van der Waals surface area contributed by atoms with Crippen LogP contribution in [0.15, 0.2) is 48.8 Å². The van der Waals surface area contributed by atoms with Crippen LogP contribution in [0.2, 0.25) is 0 Å². The number of benzene rings is 1. The summed E-state index contributed by atoms with van der Waals surface area (Å²) in [5.74, 6) is 0.210. The first-order chi connectivity index (χ1) is 14.9. The van der Waals surface area contributed by atoms with E-state index in [2.05, 4.69) is 25.5 Å². The molecule has 162 valence electrons. The molecule has 1 aliphatic heterocycles. The third kappa shape index (κ3) is 4.66. The summed E-state index contributed by atoms with van der Waals surface area (Å²) in [6.07, 6.45) is -1.70. The number of hydrogen-bond acceptors (Lipinski definition) is 6. The van der Waals surface area contributed by atoms with Crippen molar-refractivity contribution in [2.75, 3.05) is 31.2 Å². The Morgan fingerprint density at radius 3 is 2.68 bits per heavy atom. The van der Waals surface area contributed by atoms with Gasteiger partial charge in [-0.2, -0.15) is 13.2 Å². The Hall–Kier alpha value is -3.47. The first-order valence-electron chi connectivity index (χ1n) is 9.57. The quantitative estimate of drug-likeness (QED) is 0.667. The topological polar surface area (TPSA) is 85.2 Å². The van der Waals surface area contributed by atoms with Crippen molar-refractivity contribution in [3.8, 4) is 5.69 Å². The average molecular weight is 432 g/mol. The van der Waals surface area contributed by atoms with Crippen LogP contribution in [-0.2, 0) is 17.5 Å². The molecule has 1 saturated heterocycles. The smallest absolute Gasteiger partial charge is 0.378 e. The van der Waals surface area contributed by atoms with Gasteiger partial charge in [0.1, 0.15) is 5.82 Å². The van der Waals surface area contributed by atoms with Gasteiger partial charge in [-0.3, -0.25) is 4.79 Å². The number of carbonyl (C=O) groups is 1. The number of alkyl halides is 3. The van der Waals surface area contributed by atoms with E-state index in [-0.39, 0.29) is 17.9 Å². The number of ether oxygens (including phenoxy) is 1. The van der Waals surface area contributed by atoms with E-state index in [1.165, 1.54) is 24.4 Å². The summed E-state index contributed by atoms with van der Waals surface area (Å²) in [6, 6.07) is 8.60. The molecule has 0 radical (unpaired) electrons. The number of halogens is 3. The lowest BCUT2D eigenvalue weighted by molar-refractivity contribution is -0.137. The van der Waals surface area contributed by atoms with Crippen molar-refractivity contribution < 1.29 is 22.7 Å². The lowest BCUT2D eigenvalue weighted by atomic mass is 10.1. The summed E-state index contributed by atoms with van der Waals surface area (Å²) in [6.45, 7) is 2.79. The molecular formula is C20H19F3N6O2. The molecule has 1 amide bonds. The van der Waals surface area contributed by atoms with Crippen molar-refractivity contribution in [2.24, 2.45) is 0 Å². The normalized spacial score (nSPS) is 14.5. The second-order valence-corrected chi connectivity index (χ2v) is 6.83. The van der Waals surface area contributed by atoms with Gasteiger partial charge in [-0.05, 0) is 18.2 Å². The molecule has 3 heterocycles. The number of anilines is 1. The zero-order valence-electron chi connectivity index (χ0n) is 16.3. The van der Waals surface area contributed by atoms with Gasteiger partial charge in [0.2, 0.25) is 0 Å². The molecule has 1 aromatic carbocycles. The SMILES string of the molecule is O=C(NCc1cccnc1N1CCOCC1)c1cn(-c2ccccc2C(F)(F)F)nn1. The van der Waals surface area contributed by atoms with Gasteiger partial charge in [0.25, 0.3) is 5.91 Å². The Labute approximate surface area is 175 Å². The number of rotatable bonds is 5. The number of nitrogens with one attached hydrogen (secondary N) is 1. The van der Waals surface area contributed by atoms with E-state index in [0.29, 0.717) is 26.3 Å². The number of pyridine rings is 1. The molecule has 3 aromatic rings. The standard InChI is InChI=1S/C20H19F3N6O2/c21-20(22,23)15-5-1-2-6-17(15)29-13-16(26-27-29)19(30)25-12-14-4-3-7-24-18(14)28-8-10-31-11-9-28/h1-7,13H,8-12H2,(H,25,30). The lowest BCUT2D eigenvalue weighted by Gasteiger charge is -2.29. The van der Waals surface area contributed by atoms with E-state index in [9.17, 15) is 18.0 Å². The Morgan fingerprint density at radius 1 is 1.13 bits per heavy atom. The van der Waals surface area contributed by atoms with Crippen LogP contribution in [-0.4, -0.2) is 52.2 Å². The van der Waals surface area contributed by atoms with Crippen molar-refractivity contribution in [2.45, 2.75) is 12.7 Å². The molecule has 4 rings (SSSR count). The summed E-state index contributed by atoms with van der Waals surface area (Å²) in [7, 11) is 0. The van der Waals surface area contributed by atoms with Crippen molar-refractivity contribution >= 4 is 11.7 Å². The second-order valence-electron chi connectivity index (χ2n) is 6.83. The summed E-state index contributed by atoms with van der Waals surface area (Å²) < 4.78 is 46.0. The first-order valence-corrected chi connectivity index (χ1v) is 9.57. The molecule has 1 N–H and O–H groups in total. The molecule has 0 saturated carbocycles. The van der Waals surface area contributed by atoms with E-state index in [1.807, 2.05) is 6.07 Å². The van der Waals surface area contributed by atoms with Crippen LogP contribution in [0, 0.1) is 0 Å². The third-order valence-corrected chi connectivity index (χ3v) is 4.80. The van der Waals surface area contributed by atoms with E-state index < -0.39 is 17.6 Å². The first kappa shape index (κ1) is 20.8. The van der Waals surface area contributed by atoms with E-state index in [4.69, 9.17) is 4.74 Å². The molecule has 0 unspecified atom stereocenters. The molecule has 1 fully saturated rings. The fraction of sp³-hybridized carbons (Fsp3) is 0.300. The van der Waals surface area contributed by atoms with Crippen LogP contribution in [0.5, 0.6) is 0 Å². The highest BCUT2D eigenvalue weighted by atomic mass is 19.4. The molecule has 0 bridgehead atoms. The summed E-state index contributed by atoms with van der Waals surface area (Å²) in [5.41, 5.74) is -0.345. The fourth-order valence-electron chi connectivity index (χ4n) is 3.29. The van der Waals surface area contributed by atoms with Crippen LogP contribution < -0.4 is 10.2 Å². The summed E-state index contributed by atoms with van der Waals surface area (Å²) >= 11 is 0. The highest BCUT2D eigenvalue weighted by Crippen LogP contribution is 2.33. The molecule has 0 aliphatic carbocycles. The van der Waals surface area contributed by atoms with Crippen molar-refractivity contribution in [3.05, 3.63) is 65.6 Å². The third-order valence-electron chi connectivity index (χ3n) is 4.80. The summed E-state index contributed by atoms with van der Waals surface area (Å²) in [5, 5.41) is 10.2. The van der Waals surface area contributed by atoms with E-state index in [1.54, 1.807) is 12.3 Å². The van der Waals surface area contributed by atoms with Crippen molar-refractivity contribution in [1.82, 2.24) is 25.3 Å². The van der Waals surface area contributed by atoms with Gasteiger partial charge in [0.15, 0.2) is 5.69 Å². The molecule has 0 atom stereocenters. The minimum absolute atomic E-state index is 0.0891. The Bertz CT molecular complexity index is 1060. The highest BCUT2D eigenvalue weighted by Gasteiger charge is 2.34. The Morgan fingerprint density at radius 2 is 1.90 bits per heavy atom. The highest BCUT2D eigenvalue weighted by molar-refractivity contribution is 5.92. The maximum Gasteiger partial charge on any atom is 0.418 e. The number of morpholine rings is 1. The maximum absolute atomic E-state index is 13.2. The van der Waals surface area contributed by atoms with Gasteiger partial charge in [-0.1, -0.05) is 23.4 Å². The van der Waals surface area contributed by atoms with Crippen LogP contribution in [0.1, 0.15) is 21.6 Å². The predicted molar refractivity (Wildman–Crippen MR) is 105 cm³/mol. The maximum atomic E-state index is 13.2. The van der Waals surface area contributed by atoms with Crippen LogP contribution in [0.4, 0.5) is 19.0 Å². The van der Waals surface area contributed by atoms with Crippen molar-refractivity contribution in [1.29, 1.82) is 0 Å². The van der Waals surface area contributed by atoms with Gasteiger partial charge in [0.05, 0.1) is 30.7 Å². The zero-order chi connectivity index (χ0) is 21.8. The van der Waals surface area contributed by atoms with Crippen molar-refractivity contribution in [3.63, 3.8) is 0 Å². The molecule has 8 nitrogen and oxygen atoms in total. The van der Waals surface area contributed by atoms with Gasteiger partial charge in [-0.25, -0.2) is 9.67 Å². The number of carbonyl (C=O) groups excluding carboxylic acids is 1. The van der Waals surface area contributed by atoms with Crippen LogP contribution >= 0.6 is 0 Å². The minimum atomic E-state index is -4.55. The van der Waals surface area contributed by atoms with E-state index >= 15 is 0 Å². The van der Waals surface area contributed by atoms with Crippen LogP contribution in [0.3, 0.4) is 0 Å². The number of hydrogen-bond donors (Lipinski definition) is 1. The second kappa shape index (κ2) is 8.72. The predicted octanol–water partition coefficient (Wildman–Crippen LogP) is 2.45. The van der Waals surface area contributed by atoms with Crippen LogP contribution in [0.25, 0.3) is 5.69 Å². The fourth-order valence-corrected chi connectivity index (χ4v) is 3.29. The van der Waals surface area contributed by atoms with Gasteiger partial charge < -0.3 is 15.0 Å². The zero-order valence-corrected chi connectivity index (χ0v) is 16.3.